The van der Waals surface area contributed by atoms with Crippen LogP contribution >= 0.6 is 0 Å². The molecule has 0 saturated heterocycles. The van der Waals surface area contributed by atoms with Crippen LogP contribution in [-0.4, -0.2) is 23.5 Å². The highest BCUT2D eigenvalue weighted by Gasteiger charge is 2.21. The zero-order valence-electron chi connectivity index (χ0n) is 18.3. The molecule has 4 aromatic rings. The van der Waals surface area contributed by atoms with E-state index in [0.717, 1.165) is 29.4 Å². The third kappa shape index (κ3) is 5.06. The van der Waals surface area contributed by atoms with Crippen LogP contribution in [0.1, 0.15) is 46.0 Å². The van der Waals surface area contributed by atoms with E-state index >= 15 is 0 Å². The maximum absolute atomic E-state index is 12.9. The van der Waals surface area contributed by atoms with Gasteiger partial charge in [0.1, 0.15) is 23.7 Å². The summed E-state index contributed by atoms with van der Waals surface area (Å²) in [5.41, 5.74) is 3.11. The summed E-state index contributed by atoms with van der Waals surface area (Å²) in [6.07, 6.45) is 1.91. The fourth-order valence-electron chi connectivity index (χ4n) is 3.52. The van der Waals surface area contributed by atoms with Crippen LogP contribution in [-0.2, 0) is 11.3 Å². The van der Waals surface area contributed by atoms with E-state index in [0.29, 0.717) is 29.0 Å². The summed E-state index contributed by atoms with van der Waals surface area (Å²) in [7, 11) is 0. The lowest BCUT2D eigenvalue weighted by atomic mass is 10.0. The molecule has 3 aromatic carbocycles. The molecule has 0 aliphatic carbocycles. The summed E-state index contributed by atoms with van der Waals surface area (Å²) >= 11 is 0. The molecule has 1 heterocycles. The van der Waals surface area contributed by atoms with E-state index in [1.165, 1.54) is 24.3 Å². The smallest absolute Gasteiger partial charge is 0.338 e. The summed E-state index contributed by atoms with van der Waals surface area (Å²) < 4.78 is 11.4. The summed E-state index contributed by atoms with van der Waals surface area (Å²) in [5.74, 6) is -0.0262. The number of benzene rings is 3. The standard InChI is InChI=1S/C27H25NO5/c1-2-3-16-28-26(30)24-22-6-4-5-7-23(22)33-25(24)19-10-8-18(9-11-19)17-32-27(31)20-12-14-21(29)15-13-20/h4-15,29H,2-3,16-17H2,1H3,(H,28,30). The predicted octanol–water partition coefficient (Wildman–Crippen LogP) is 5.69. The molecule has 0 atom stereocenters. The minimum atomic E-state index is -0.470. The Hall–Kier alpha value is -4.06. The number of ether oxygens (including phenoxy) is 1. The Bertz CT molecular complexity index is 1260. The van der Waals surface area contributed by atoms with E-state index in [1.807, 2.05) is 48.5 Å². The first-order valence-electron chi connectivity index (χ1n) is 10.9. The van der Waals surface area contributed by atoms with E-state index in [9.17, 15) is 14.7 Å². The molecule has 6 nitrogen and oxygen atoms in total. The van der Waals surface area contributed by atoms with Crippen LogP contribution in [0.25, 0.3) is 22.3 Å². The number of hydrogen-bond acceptors (Lipinski definition) is 5. The molecule has 0 aliphatic heterocycles. The van der Waals surface area contributed by atoms with Crippen molar-refractivity contribution in [2.75, 3.05) is 6.54 Å². The number of carbonyl (C=O) groups excluding carboxylic acids is 2. The lowest BCUT2D eigenvalue weighted by molar-refractivity contribution is 0.0472. The molecule has 0 saturated carbocycles. The Morgan fingerprint density at radius 1 is 0.970 bits per heavy atom. The van der Waals surface area contributed by atoms with Gasteiger partial charge in [0.15, 0.2) is 0 Å². The lowest BCUT2D eigenvalue weighted by Crippen LogP contribution is -2.24. The number of amides is 1. The molecule has 1 amide bonds. The van der Waals surface area contributed by atoms with Crippen LogP contribution in [0.5, 0.6) is 5.75 Å². The van der Waals surface area contributed by atoms with E-state index in [1.54, 1.807) is 0 Å². The Labute approximate surface area is 191 Å². The van der Waals surface area contributed by atoms with Crippen molar-refractivity contribution in [2.45, 2.75) is 26.4 Å². The highest BCUT2D eigenvalue weighted by Crippen LogP contribution is 2.33. The van der Waals surface area contributed by atoms with Crippen molar-refractivity contribution in [1.82, 2.24) is 5.32 Å². The van der Waals surface area contributed by atoms with Crippen molar-refractivity contribution in [2.24, 2.45) is 0 Å². The van der Waals surface area contributed by atoms with Gasteiger partial charge >= 0.3 is 5.97 Å². The fourth-order valence-corrected chi connectivity index (χ4v) is 3.52. The molecule has 33 heavy (non-hydrogen) atoms. The number of furan rings is 1. The third-order valence-electron chi connectivity index (χ3n) is 5.33. The summed E-state index contributed by atoms with van der Waals surface area (Å²) in [5, 5.41) is 13.1. The van der Waals surface area contributed by atoms with E-state index in [-0.39, 0.29) is 18.3 Å². The molecule has 6 heteroatoms. The van der Waals surface area contributed by atoms with Gasteiger partial charge in [-0.05, 0) is 42.3 Å². The second kappa shape index (κ2) is 10.0. The number of carbonyl (C=O) groups is 2. The number of para-hydroxylation sites is 1. The molecule has 168 valence electrons. The quantitative estimate of drug-likeness (QED) is 0.270. The molecule has 0 fully saturated rings. The first-order valence-corrected chi connectivity index (χ1v) is 10.9. The average molecular weight is 443 g/mol. The zero-order chi connectivity index (χ0) is 23.2. The topological polar surface area (TPSA) is 88.8 Å². The molecule has 4 rings (SSSR count). The molecule has 1 aromatic heterocycles. The second-order valence-electron chi connectivity index (χ2n) is 7.73. The Balaban J connectivity index is 1.53. The first-order chi connectivity index (χ1) is 16.1. The van der Waals surface area contributed by atoms with Gasteiger partial charge in [-0.15, -0.1) is 0 Å². The molecule has 0 radical (unpaired) electrons. The van der Waals surface area contributed by atoms with Crippen LogP contribution in [0.3, 0.4) is 0 Å². The van der Waals surface area contributed by atoms with Crippen molar-refractivity contribution in [3.63, 3.8) is 0 Å². The van der Waals surface area contributed by atoms with Gasteiger partial charge in [0.2, 0.25) is 0 Å². The molecule has 0 aliphatic rings. The van der Waals surface area contributed by atoms with Crippen molar-refractivity contribution in [3.05, 3.63) is 89.5 Å². The lowest BCUT2D eigenvalue weighted by Gasteiger charge is -2.08. The highest BCUT2D eigenvalue weighted by atomic mass is 16.5. The van der Waals surface area contributed by atoms with E-state index < -0.39 is 5.97 Å². The molecule has 0 spiro atoms. The van der Waals surface area contributed by atoms with Gasteiger partial charge in [-0.3, -0.25) is 4.79 Å². The van der Waals surface area contributed by atoms with Crippen LogP contribution < -0.4 is 5.32 Å². The van der Waals surface area contributed by atoms with Crippen LogP contribution in [0.4, 0.5) is 0 Å². The fraction of sp³-hybridized carbons (Fsp3) is 0.185. The van der Waals surface area contributed by atoms with E-state index in [4.69, 9.17) is 9.15 Å². The minimum absolute atomic E-state index is 0.0890. The molecule has 2 N–H and O–H groups in total. The number of fused-ring (bicyclic) bond motifs is 1. The zero-order valence-corrected chi connectivity index (χ0v) is 18.3. The van der Waals surface area contributed by atoms with Gasteiger partial charge in [0, 0.05) is 17.5 Å². The van der Waals surface area contributed by atoms with Crippen molar-refractivity contribution < 1.29 is 23.8 Å². The molecule has 0 unspecified atom stereocenters. The van der Waals surface area contributed by atoms with Crippen molar-refractivity contribution >= 4 is 22.8 Å². The van der Waals surface area contributed by atoms with Gasteiger partial charge in [0.05, 0.1) is 11.1 Å². The first kappa shape index (κ1) is 22.1. The number of esters is 1. The van der Waals surface area contributed by atoms with Gasteiger partial charge < -0.3 is 19.6 Å². The summed E-state index contributed by atoms with van der Waals surface area (Å²) in [6.45, 7) is 2.79. The molecular formula is C27H25NO5. The number of rotatable bonds is 8. The van der Waals surface area contributed by atoms with Gasteiger partial charge in [-0.25, -0.2) is 4.79 Å². The number of phenols is 1. The SMILES string of the molecule is CCCCNC(=O)c1c(-c2ccc(COC(=O)c3ccc(O)cc3)cc2)oc2ccccc12. The highest BCUT2D eigenvalue weighted by molar-refractivity contribution is 6.11. The largest absolute Gasteiger partial charge is 0.508 e. The monoisotopic (exact) mass is 443 g/mol. The van der Waals surface area contributed by atoms with Crippen LogP contribution in [0.2, 0.25) is 0 Å². The maximum Gasteiger partial charge on any atom is 0.338 e. The molecule has 0 bridgehead atoms. The van der Waals surface area contributed by atoms with Crippen LogP contribution in [0, 0.1) is 0 Å². The Kier molecular flexibility index (Phi) is 6.74. The second-order valence-corrected chi connectivity index (χ2v) is 7.73. The maximum atomic E-state index is 12.9. The summed E-state index contributed by atoms with van der Waals surface area (Å²) in [4.78, 5) is 25.1. The number of hydrogen-bond donors (Lipinski definition) is 2. The number of phenolic OH excluding ortho intramolecular Hbond substituents is 1. The van der Waals surface area contributed by atoms with Gasteiger partial charge in [-0.2, -0.15) is 0 Å². The number of nitrogens with one attached hydrogen (secondary N) is 1. The Morgan fingerprint density at radius 3 is 2.42 bits per heavy atom. The van der Waals surface area contributed by atoms with Crippen molar-refractivity contribution in [3.8, 4) is 17.1 Å². The third-order valence-corrected chi connectivity index (χ3v) is 5.33. The van der Waals surface area contributed by atoms with Gasteiger partial charge in [-0.1, -0.05) is 55.8 Å². The van der Waals surface area contributed by atoms with Crippen molar-refractivity contribution in [1.29, 1.82) is 0 Å². The predicted molar refractivity (Wildman–Crippen MR) is 126 cm³/mol. The molecular weight excluding hydrogens is 418 g/mol. The number of aromatic hydroxyl groups is 1. The van der Waals surface area contributed by atoms with E-state index in [2.05, 4.69) is 12.2 Å². The van der Waals surface area contributed by atoms with Crippen LogP contribution in [0.15, 0.2) is 77.2 Å². The van der Waals surface area contributed by atoms with Gasteiger partial charge in [0.25, 0.3) is 5.91 Å². The average Bonchev–Trinajstić information content (AvgIpc) is 3.23. The summed E-state index contributed by atoms with van der Waals surface area (Å²) in [6, 6.07) is 20.8. The minimum Gasteiger partial charge on any atom is -0.508 e. The Morgan fingerprint density at radius 2 is 1.70 bits per heavy atom. The number of unbranched alkanes of at least 4 members (excludes halogenated alkanes) is 1. The normalized spacial score (nSPS) is 10.8.